The van der Waals surface area contributed by atoms with E-state index in [1.807, 2.05) is 0 Å². The summed E-state index contributed by atoms with van der Waals surface area (Å²) in [6.45, 7) is -1.48. The molecule has 0 spiro atoms. The van der Waals surface area contributed by atoms with E-state index < -0.39 is 29.5 Å². The van der Waals surface area contributed by atoms with Crippen molar-refractivity contribution in [2.24, 2.45) is 0 Å². The Morgan fingerprint density at radius 3 is 2.58 bits per heavy atom. The molecule has 0 aromatic heterocycles. The van der Waals surface area contributed by atoms with Crippen LogP contribution in [0.1, 0.15) is 12.8 Å². The molecule has 1 rings (SSSR count). The second kappa shape index (κ2) is 6.84. The first-order valence-corrected chi connectivity index (χ1v) is 7.34. The average molecular weight is 305 g/mol. The molecule has 19 heavy (non-hydrogen) atoms. The molecule has 1 atom stereocenters. The van der Waals surface area contributed by atoms with Gasteiger partial charge in [0.15, 0.2) is 0 Å². The van der Waals surface area contributed by atoms with Crippen LogP contribution in [0.25, 0.3) is 0 Å². The third-order valence-electron chi connectivity index (χ3n) is 2.73. The second-order valence-corrected chi connectivity index (χ2v) is 6.07. The lowest BCUT2D eigenvalue weighted by atomic mass is 10.2. The van der Waals surface area contributed by atoms with Crippen LogP contribution in [0.4, 0.5) is 13.2 Å². The lowest BCUT2D eigenvalue weighted by molar-refractivity contribution is -0.121. The molecule has 0 radical (unpaired) electrons. The van der Waals surface area contributed by atoms with Gasteiger partial charge < -0.3 is 10.4 Å². The zero-order valence-electron chi connectivity index (χ0n) is 10.3. The van der Waals surface area contributed by atoms with Gasteiger partial charge in [-0.1, -0.05) is 0 Å². The van der Waals surface area contributed by atoms with Crippen LogP contribution >= 0.6 is 0 Å². The SMILES string of the molecule is O=S(=O)(NCC(F)(F)F)N(CCO)CC1CCCN1. The number of hydrogen-bond donors (Lipinski definition) is 3. The van der Waals surface area contributed by atoms with Crippen molar-refractivity contribution in [1.29, 1.82) is 0 Å². The maximum absolute atomic E-state index is 12.0. The predicted molar refractivity (Wildman–Crippen MR) is 62.7 cm³/mol. The lowest BCUT2D eigenvalue weighted by Gasteiger charge is -2.24. The van der Waals surface area contributed by atoms with Crippen molar-refractivity contribution >= 4 is 10.2 Å². The number of hydrogen-bond acceptors (Lipinski definition) is 4. The van der Waals surface area contributed by atoms with Crippen LogP contribution in [0.5, 0.6) is 0 Å². The molecule has 114 valence electrons. The van der Waals surface area contributed by atoms with E-state index in [4.69, 9.17) is 5.11 Å². The molecule has 0 amide bonds. The number of halogens is 3. The standard InChI is InChI=1S/C9H18F3N3O3S/c10-9(11,12)7-14-19(17,18)15(4-5-16)6-8-2-1-3-13-8/h8,13-14,16H,1-7H2. The molecular formula is C9H18F3N3O3S. The van der Waals surface area contributed by atoms with Gasteiger partial charge in [-0.05, 0) is 19.4 Å². The van der Waals surface area contributed by atoms with Crippen molar-refractivity contribution < 1.29 is 26.7 Å². The number of nitrogens with zero attached hydrogens (tertiary/aromatic N) is 1. The van der Waals surface area contributed by atoms with Crippen LogP contribution in [0.2, 0.25) is 0 Å². The molecule has 0 aromatic rings. The van der Waals surface area contributed by atoms with Crippen molar-refractivity contribution in [2.45, 2.75) is 25.1 Å². The number of aliphatic hydroxyl groups is 1. The van der Waals surface area contributed by atoms with E-state index in [-0.39, 0.29) is 19.1 Å². The Morgan fingerprint density at radius 1 is 1.42 bits per heavy atom. The number of aliphatic hydroxyl groups excluding tert-OH is 1. The minimum Gasteiger partial charge on any atom is -0.395 e. The predicted octanol–water partition coefficient (Wildman–Crippen LogP) is -0.571. The largest absolute Gasteiger partial charge is 0.402 e. The highest BCUT2D eigenvalue weighted by Crippen LogP contribution is 2.14. The molecule has 1 aliphatic rings. The Labute approximate surface area is 110 Å². The molecule has 0 saturated carbocycles. The van der Waals surface area contributed by atoms with Crippen molar-refractivity contribution in [2.75, 3.05) is 32.8 Å². The van der Waals surface area contributed by atoms with Gasteiger partial charge in [0.2, 0.25) is 0 Å². The Hall–Kier alpha value is -0.420. The third-order valence-corrected chi connectivity index (χ3v) is 4.25. The molecule has 0 bridgehead atoms. The Bertz CT molecular complexity index is 369. The van der Waals surface area contributed by atoms with Gasteiger partial charge >= 0.3 is 6.18 Å². The molecule has 1 heterocycles. The van der Waals surface area contributed by atoms with E-state index >= 15 is 0 Å². The van der Waals surface area contributed by atoms with Gasteiger partial charge in [-0.3, -0.25) is 0 Å². The summed E-state index contributed by atoms with van der Waals surface area (Å²) in [7, 11) is -4.24. The van der Waals surface area contributed by atoms with Gasteiger partial charge in [-0.25, -0.2) is 0 Å². The van der Waals surface area contributed by atoms with E-state index in [0.717, 1.165) is 23.7 Å². The monoisotopic (exact) mass is 305 g/mol. The number of nitrogens with one attached hydrogen (secondary N) is 2. The summed E-state index contributed by atoms with van der Waals surface area (Å²) in [6.07, 6.45) is -2.95. The summed E-state index contributed by atoms with van der Waals surface area (Å²) in [6, 6.07) is -0.0889. The third kappa shape index (κ3) is 6.04. The number of rotatable bonds is 7. The fourth-order valence-corrected chi connectivity index (χ4v) is 3.07. The minimum atomic E-state index is -4.61. The first-order chi connectivity index (χ1) is 8.74. The second-order valence-electron chi connectivity index (χ2n) is 4.32. The van der Waals surface area contributed by atoms with Gasteiger partial charge in [-0.15, -0.1) is 0 Å². The molecule has 1 saturated heterocycles. The first kappa shape index (κ1) is 16.6. The molecule has 6 nitrogen and oxygen atoms in total. The summed E-state index contributed by atoms with van der Waals surface area (Å²) >= 11 is 0. The van der Waals surface area contributed by atoms with Crippen LogP contribution in [0.15, 0.2) is 0 Å². The van der Waals surface area contributed by atoms with E-state index in [0.29, 0.717) is 0 Å². The normalized spacial score (nSPS) is 21.2. The van der Waals surface area contributed by atoms with E-state index in [1.54, 1.807) is 0 Å². The summed E-state index contributed by atoms with van der Waals surface area (Å²) in [5, 5.41) is 11.9. The Kier molecular flexibility index (Phi) is 5.99. The van der Waals surface area contributed by atoms with E-state index in [1.165, 1.54) is 4.72 Å². The zero-order chi connectivity index (χ0) is 14.5. The van der Waals surface area contributed by atoms with Crippen LogP contribution in [0, 0.1) is 0 Å². The van der Waals surface area contributed by atoms with Gasteiger partial charge in [0.25, 0.3) is 10.2 Å². The minimum absolute atomic E-state index is 0.0494. The highest BCUT2D eigenvalue weighted by molar-refractivity contribution is 7.87. The molecule has 0 aromatic carbocycles. The fraction of sp³-hybridized carbons (Fsp3) is 1.00. The highest BCUT2D eigenvalue weighted by Gasteiger charge is 2.32. The fourth-order valence-electron chi connectivity index (χ4n) is 1.84. The Morgan fingerprint density at radius 2 is 2.11 bits per heavy atom. The topological polar surface area (TPSA) is 81.7 Å². The van der Waals surface area contributed by atoms with Crippen molar-refractivity contribution in [3.63, 3.8) is 0 Å². The lowest BCUT2D eigenvalue weighted by Crippen LogP contribution is -2.49. The van der Waals surface area contributed by atoms with Crippen LogP contribution < -0.4 is 10.0 Å². The summed E-state index contributed by atoms with van der Waals surface area (Å²) in [5.41, 5.74) is 0. The Balaban J connectivity index is 2.61. The smallest absolute Gasteiger partial charge is 0.395 e. The van der Waals surface area contributed by atoms with Crippen molar-refractivity contribution in [3.05, 3.63) is 0 Å². The molecule has 1 fully saturated rings. The molecule has 1 aliphatic heterocycles. The average Bonchev–Trinajstić information content (AvgIpc) is 2.78. The van der Waals surface area contributed by atoms with Gasteiger partial charge in [0, 0.05) is 19.1 Å². The number of alkyl halides is 3. The van der Waals surface area contributed by atoms with E-state index in [2.05, 4.69) is 5.32 Å². The quantitative estimate of drug-likeness (QED) is 0.588. The van der Waals surface area contributed by atoms with Crippen LogP contribution in [-0.2, 0) is 10.2 Å². The van der Waals surface area contributed by atoms with Crippen molar-refractivity contribution in [1.82, 2.24) is 14.3 Å². The first-order valence-electron chi connectivity index (χ1n) is 5.90. The summed E-state index contributed by atoms with van der Waals surface area (Å²) in [4.78, 5) is 0. The molecule has 0 aliphatic carbocycles. The molecular weight excluding hydrogens is 287 g/mol. The van der Waals surface area contributed by atoms with Gasteiger partial charge in [0.05, 0.1) is 6.61 Å². The van der Waals surface area contributed by atoms with Crippen LogP contribution in [0.3, 0.4) is 0 Å². The van der Waals surface area contributed by atoms with Gasteiger partial charge in [-0.2, -0.15) is 30.6 Å². The molecule has 3 N–H and O–H groups in total. The summed E-state index contributed by atoms with van der Waals surface area (Å²) in [5.74, 6) is 0. The molecule has 1 unspecified atom stereocenters. The van der Waals surface area contributed by atoms with Gasteiger partial charge in [0.1, 0.15) is 6.54 Å². The van der Waals surface area contributed by atoms with Crippen molar-refractivity contribution in [3.8, 4) is 0 Å². The maximum atomic E-state index is 12.0. The van der Waals surface area contributed by atoms with E-state index in [9.17, 15) is 21.6 Å². The maximum Gasteiger partial charge on any atom is 0.402 e. The zero-order valence-corrected chi connectivity index (χ0v) is 11.1. The molecule has 10 heteroatoms. The summed E-state index contributed by atoms with van der Waals surface area (Å²) < 4.78 is 61.9. The highest BCUT2D eigenvalue weighted by atomic mass is 32.2. The van der Waals surface area contributed by atoms with Crippen LogP contribution in [-0.4, -0.2) is 62.8 Å².